The summed E-state index contributed by atoms with van der Waals surface area (Å²) in [5, 5.41) is 4.03. The second kappa shape index (κ2) is 4.58. The van der Waals surface area contributed by atoms with E-state index < -0.39 is 11.6 Å². The van der Waals surface area contributed by atoms with Crippen LogP contribution in [0.4, 0.5) is 8.78 Å². The molecule has 0 aliphatic rings. The third kappa shape index (κ3) is 2.47. The minimum atomic E-state index is -0.595. The summed E-state index contributed by atoms with van der Waals surface area (Å²) in [6.45, 7) is 1.74. The van der Waals surface area contributed by atoms with Gasteiger partial charge < -0.3 is 5.73 Å². The van der Waals surface area contributed by atoms with Crippen LogP contribution in [-0.2, 0) is 6.54 Å². The molecule has 2 N–H and O–H groups in total. The Hall–Kier alpha value is -1.82. The molecule has 1 unspecified atom stereocenters. The molecule has 1 aromatic carbocycles. The lowest BCUT2D eigenvalue weighted by Crippen LogP contribution is -2.09. The van der Waals surface area contributed by atoms with Crippen LogP contribution in [0.2, 0.25) is 0 Å². The number of benzene rings is 1. The molecule has 4 nitrogen and oxygen atoms in total. The van der Waals surface area contributed by atoms with Crippen molar-refractivity contribution < 1.29 is 8.78 Å². The molecule has 2 aromatic rings. The summed E-state index contributed by atoms with van der Waals surface area (Å²) in [5.41, 5.74) is 5.56. The first-order valence-electron chi connectivity index (χ1n) is 5.15. The Morgan fingerprint density at radius 3 is 2.53 bits per heavy atom. The van der Waals surface area contributed by atoms with Gasteiger partial charge in [-0.25, -0.2) is 18.4 Å². The SMILES string of the molecule is CC(N)c1ncn(Cc2c(F)cccc2F)n1. The van der Waals surface area contributed by atoms with Crippen molar-refractivity contribution in [3.63, 3.8) is 0 Å². The molecule has 0 saturated carbocycles. The lowest BCUT2D eigenvalue weighted by Gasteiger charge is -2.04. The van der Waals surface area contributed by atoms with Gasteiger partial charge in [-0.15, -0.1) is 0 Å². The van der Waals surface area contributed by atoms with Crippen LogP contribution in [0.5, 0.6) is 0 Å². The topological polar surface area (TPSA) is 56.7 Å². The number of halogens is 2. The highest BCUT2D eigenvalue weighted by Crippen LogP contribution is 2.13. The van der Waals surface area contributed by atoms with Crippen LogP contribution in [0, 0.1) is 11.6 Å². The second-order valence-corrected chi connectivity index (χ2v) is 3.79. The van der Waals surface area contributed by atoms with Gasteiger partial charge in [0.25, 0.3) is 0 Å². The van der Waals surface area contributed by atoms with Gasteiger partial charge in [0, 0.05) is 5.56 Å². The number of nitrogens with zero attached hydrogens (tertiary/aromatic N) is 3. The van der Waals surface area contributed by atoms with E-state index in [0.717, 1.165) is 0 Å². The van der Waals surface area contributed by atoms with Crippen LogP contribution in [0.3, 0.4) is 0 Å². The van der Waals surface area contributed by atoms with Crippen molar-refractivity contribution >= 4 is 0 Å². The van der Waals surface area contributed by atoms with Gasteiger partial charge in [0.2, 0.25) is 0 Å². The molecule has 0 fully saturated rings. The van der Waals surface area contributed by atoms with Gasteiger partial charge >= 0.3 is 0 Å². The van der Waals surface area contributed by atoms with Crippen molar-refractivity contribution in [3.05, 3.63) is 47.5 Å². The predicted molar refractivity (Wildman–Crippen MR) is 58.1 cm³/mol. The standard InChI is InChI=1S/C11H12F2N4/c1-7(14)11-15-6-17(16-11)5-8-9(12)3-2-4-10(8)13/h2-4,6-7H,5,14H2,1H3. The zero-order chi connectivity index (χ0) is 12.4. The minimum absolute atomic E-state index is 0.00176. The van der Waals surface area contributed by atoms with Crippen LogP contribution in [-0.4, -0.2) is 14.8 Å². The Morgan fingerprint density at radius 1 is 1.35 bits per heavy atom. The Bertz CT molecular complexity index is 502. The zero-order valence-electron chi connectivity index (χ0n) is 9.27. The maximum atomic E-state index is 13.4. The van der Waals surface area contributed by atoms with E-state index in [0.29, 0.717) is 5.82 Å². The second-order valence-electron chi connectivity index (χ2n) is 3.79. The first kappa shape index (κ1) is 11.7. The Balaban J connectivity index is 2.25. The third-order valence-corrected chi connectivity index (χ3v) is 2.34. The molecule has 1 aromatic heterocycles. The zero-order valence-corrected chi connectivity index (χ0v) is 9.27. The van der Waals surface area contributed by atoms with Crippen LogP contribution >= 0.6 is 0 Å². The van der Waals surface area contributed by atoms with Gasteiger partial charge in [-0.3, -0.25) is 0 Å². The van der Waals surface area contributed by atoms with Gasteiger partial charge in [0.05, 0.1) is 12.6 Å². The average Bonchev–Trinajstić information content (AvgIpc) is 2.72. The molecule has 0 spiro atoms. The first-order chi connectivity index (χ1) is 8.08. The van der Waals surface area contributed by atoms with Gasteiger partial charge in [-0.1, -0.05) is 6.07 Å². The maximum absolute atomic E-state index is 13.4. The first-order valence-corrected chi connectivity index (χ1v) is 5.15. The molecule has 1 heterocycles. The van der Waals surface area contributed by atoms with E-state index in [9.17, 15) is 8.78 Å². The Morgan fingerprint density at radius 2 is 2.00 bits per heavy atom. The molecule has 0 bridgehead atoms. The molecule has 0 aliphatic heterocycles. The molecule has 1 atom stereocenters. The lowest BCUT2D eigenvalue weighted by molar-refractivity contribution is 0.530. The van der Waals surface area contributed by atoms with Crippen LogP contribution in [0.25, 0.3) is 0 Å². The van der Waals surface area contributed by atoms with Gasteiger partial charge in [0.15, 0.2) is 5.82 Å². The molecule has 0 radical (unpaired) electrons. The van der Waals surface area contributed by atoms with Crippen LogP contribution in [0.15, 0.2) is 24.5 Å². The largest absolute Gasteiger partial charge is 0.321 e. The summed E-state index contributed by atoms with van der Waals surface area (Å²) in [4.78, 5) is 3.95. The summed E-state index contributed by atoms with van der Waals surface area (Å²) in [6, 6.07) is 3.44. The molecule has 0 aliphatic carbocycles. The van der Waals surface area contributed by atoms with Crippen LogP contribution in [0.1, 0.15) is 24.4 Å². The van der Waals surface area contributed by atoms with E-state index in [1.807, 2.05) is 0 Å². The summed E-state index contributed by atoms with van der Waals surface area (Å²) in [7, 11) is 0. The monoisotopic (exact) mass is 238 g/mol. The molecule has 6 heteroatoms. The molecule has 0 saturated heterocycles. The Kier molecular flexibility index (Phi) is 3.14. The number of nitrogens with two attached hydrogens (primary N) is 1. The normalized spacial score (nSPS) is 12.7. The fourth-order valence-electron chi connectivity index (χ4n) is 1.44. The highest BCUT2D eigenvalue weighted by Gasteiger charge is 2.11. The molecule has 0 amide bonds. The highest BCUT2D eigenvalue weighted by atomic mass is 19.1. The van der Waals surface area contributed by atoms with Gasteiger partial charge in [0.1, 0.15) is 18.0 Å². The molecular weight excluding hydrogens is 226 g/mol. The number of hydrogen-bond donors (Lipinski definition) is 1. The third-order valence-electron chi connectivity index (χ3n) is 2.34. The number of aromatic nitrogens is 3. The Labute approximate surface area is 97.1 Å². The number of hydrogen-bond acceptors (Lipinski definition) is 3. The van der Waals surface area contributed by atoms with Gasteiger partial charge in [-0.2, -0.15) is 5.10 Å². The van der Waals surface area contributed by atoms with E-state index in [2.05, 4.69) is 10.1 Å². The molecular formula is C11H12F2N4. The van der Waals surface area contributed by atoms with Crippen molar-refractivity contribution in [1.82, 2.24) is 14.8 Å². The van der Waals surface area contributed by atoms with Crippen molar-refractivity contribution in [3.8, 4) is 0 Å². The van der Waals surface area contributed by atoms with Crippen molar-refractivity contribution in [2.75, 3.05) is 0 Å². The summed E-state index contributed by atoms with van der Waals surface area (Å²) in [6.07, 6.45) is 1.41. The maximum Gasteiger partial charge on any atom is 0.166 e. The summed E-state index contributed by atoms with van der Waals surface area (Å²) < 4.78 is 28.1. The van der Waals surface area contributed by atoms with Crippen molar-refractivity contribution in [1.29, 1.82) is 0 Å². The molecule has 90 valence electrons. The van der Waals surface area contributed by atoms with E-state index in [4.69, 9.17) is 5.73 Å². The van der Waals surface area contributed by atoms with E-state index in [1.165, 1.54) is 29.2 Å². The van der Waals surface area contributed by atoms with Crippen LogP contribution < -0.4 is 5.73 Å². The summed E-state index contributed by atoms with van der Waals surface area (Å²) >= 11 is 0. The number of rotatable bonds is 3. The quantitative estimate of drug-likeness (QED) is 0.884. The molecule has 17 heavy (non-hydrogen) atoms. The van der Waals surface area contributed by atoms with E-state index in [-0.39, 0.29) is 18.2 Å². The van der Waals surface area contributed by atoms with Crippen molar-refractivity contribution in [2.45, 2.75) is 19.5 Å². The smallest absolute Gasteiger partial charge is 0.166 e. The predicted octanol–water partition coefficient (Wildman–Crippen LogP) is 1.62. The van der Waals surface area contributed by atoms with E-state index in [1.54, 1.807) is 6.92 Å². The fourth-order valence-corrected chi connectivity index (χ4v) is 1.44. The van der Waals surface area contributed by atoms with Gasteiger partial charge in [-0.05, 0) is 19.1 Å². The van der Waals surface area contributed by atoms with Crippen molar-refractivity contribution in [2.24, 2.45) is 5.73 Å². The highest BCUT2D eigenvalue weighted by molar-refractivity contribution is 5.19. The fraction of sp³-hybridized carbons (Fsp3) is 0.273. The minimum Gasteiger partial charge on any atom is -0.321 e. The molecule has 2 rings (SSSR count). The van der Waals surface area contributed by atoms with E-state index >= 15 is 0 Å². The average molecular weight is 238 g/mol. The summed E-state index contributed by atoms with van der Waals surface area (Å²) in [5.74, 6) is -0.743. The lowest BCUT2D eigenvalue weighted by atomic mass is 10.2.